The van der Waals surface area contributed by atoms with Crippen molar-refractivity contribution < 1.29 is 30.0 Å². The molecule has 4 N–H and O–H groups in total. The van der Waals surface area contributed by atoms with Gasteiger partial charge >= 0.3 is 11.9 Å². The highest BCUT2D eigenvalue weighted by atomic mass is 16.4. The van der Waals surface area contributed by atoms with Gasteiger partial charge in [0.15, 0.2) is 0 Å². The van der Waals surface area contributed by atoms with Gasteiger partial charge in [-0.15, -0.1) is 0 Å². The van der Waals surface area contributed by atoms with Gasteiger partial charge in [0.2, 0.25) is 0 Å². The molecule has 0 bridgehead atoms. The summed E-state index contributed by atoms with van der Waals surface area (Å²) in [7, 11) is 0. The molecule has 6 heteroatoms. The summed E-state index contributed by atoms with van der Waals surface area (Å²) >= 11 is 0. The third kappa shape index (κ3) is 8.10. The summed E-state index contributed by atoms with van der Waals surface area (Å²) < 4.78 is 0. The lowest BCUT2D eigenvalue weighted by Gasteiger charge is -2.03. The van der Waals surface area contributed by atoms with Crippen LogP contribution in [0.2, 0.25) is 0 Å². The summed E-state index contributed by atoms with van der Waals surface area (Å²) in [5.74, 6) is -1.76. The summed E-state index contributed by atoms with van der Waals surface area (Å²) in [4.78, 5) is 20.4. The molecule has 2 aromatic rings. The molecule has 1 aliphatic carbocycles. The van der Waals surface area contributed by atoms with E-state index in [2.05, 4.69) is 0 Å². The Bertz CT molecular complexity index is 584. The van der Waals surface area contributed by atoms with E-state index in [0.717, 1.165) is 19.3 Å². The number of carboxylic acid groups (broad SMARTS) is 2. The fraction of sp³-hybridized carbons (Fsp3) is 0.263. The number of benzene rings is 2. The SMILES string of the molecule is O=C(O)c1ccccc1.O=C(O)c1ccccc1.OC1CCCC1O. The van der Waals surface area contributed by atoms with E-state index in [4.69, 9.17) is 20.4 Å². The van der Waals surface area contributed by atoms with Crippen LogP contribution in [0.5, 0.6) is 0 Å². The van der Waals surface area contributed by atoms with Gasteiger partial charge in [-0.1, -0.05) is 36.4 Å². The van der Waals surface area contributed by atoms with Gasteiger partial charge in [0.25, 0.3) is 0 Å². The summed E-state index contributed by atoms with van der Waals surface area (Å²) in [6.07, 6.45) is 1.67. The minimum Gasteiger partial charge on any atom is -0.478 e. The average molecular weight is 346 g/mol. The van der Waals surface area contributed by atoms with Crippen LogP contribution < -0.4 is 0 Å². The molecular formula is C19H22O6. The molecule has 2 unspecified atom stereocenters. The predicted molar refractivity (Wildman–Crippen MR) is 92.7 cm³/mol. The van der Waals surface area contributed by atoms with Crippen molar-refractivity contribution in [1.82, 2.24) is 0 Å². The van der Waals surface area contributed by atoms with E-state index >= 15 is 0 Å². The zero-order valence-corrected chi connectivity index (χ0v) is 13.7. The first-order valence-electron chi connectivity index (χ1n) is 7.84. The first-order valence-corrected chi connectivity index (χ1v) is 7.84. The van der Waals surface area contributed by atoms with Crippen LogP contribution in [0.3, 0.4) is 0 Å². The second-order valence-corrected chi connectivity index (χ2v) is 5.41. The van der Waals surface area contributed by atoms with Crippen LogP contribution in [-0.4, -0.2) is 44.6 Å². The molecule has 0 amide bonds. The molecular weight excluding hydrogens is 324 g/mol. The number of hydrogen-bond donors (Lipinski definition) is 4. The second-order valence-electron chi connectivity index (χ2n) is 5.41. The van der Waals surface area contributed by atoms with Crippen molar-refractivity contribution in [3.05, 3.63) is 71.8 Å². The van der Waals surface area contributed by atoms with Gasteiger partial charge < -0.3 is 20.4 Å². The number of aliphatic hydroxyl groups excluding tert-OH is 2. The Balaban J connectivity index is 0.000000189. The second kappa shape index (κ2) is 11.0. The van der Waals surface area contributed by atoms with Gasteiger partial charge in [-0.05, 0) is 43.5 Å². The van der Waals surface area contributed by atoms with Crippen molar-refractivity contribution in [2.24, 2.45) is 0 Å². The molecule has 2 atom stereocenters. The molecule has 134 valence electrons. The Morgan fingerprint density at radius 1 is 0.680 bits per heavy atom. The lowest BCUT2D eigenvalue weighted by molar-refractivity contribution is 0.0438. The van der Waals surface area contributed by atoms with Gasteiger partial charge in [0, 0.05) is 0 Å². The Labute approximate surface area is 146 Å². The molecule has 6 nitrogen and oxygen atoms in total. The molecule has 0 radical (unpaired) electrons. The quantitative estimate of drug-likeness (QED) is 0.664. The number of aliphatic hydroxyl groups is 2. The van der Waals surface area contributed by atoms with E-state index in [1.807, 2.05) is 0 Å². The number of carboxylic acids is 2. The number of hydrogen-bond acceptors (Lipinski definition) is 4. The zero-order valence-electron chi connectivity index (χ0n) is 13.7. The van der Waals surface area contributed by atoms with E-state index < -0.39 is 24.1 Å². The van der Waals surface area contributed by atoms with Crippen LogP contribution in [0, 0.1) is 0 Å². The van der Waals surface area contributed by atoms with Crippen LogP contribution in [-0.2, 0) is 0 Å². The van der Waals surface area contributed by atoms with Crippen molar-refractivity contribution in [3.63, 3.8) is 0 Å². The molecule has 1 saturated carbocycles. The summed E-state index contributed by atoms with van der Waals surface area (Å²) in [6, 6.07) is 16.6. The normalized spacial score (nSPS) is 18.2. The highest BCUT2D eigenvalue weighted by Crippen LogP contribution is 2.17. The smallest absolute Gasteiger partial charge is 0.335 e. The molecule has 1 fully saturated rings. The molecule has 25 heavy (non-hydrogen) atoms. The van der Waals surface area contributed by atoms with Crippen LogP contribution in [0.4, 0.5) is 0 Å². The van der Waals surface area contributed by atoms with Gasteiger partial charge in [0.1, 0.15) is 0 Å². The molecule has 1 aliphatic rings. The lowest BCUT2D eigenvalue weighted by Crippen LogP contribution is -2.17. The fourth-order valence-corrected chi connectivity index (χ4v) is 2.08. The maximum atomic E-state index is 10.2. The highest BCUT2D eigenvalue weighted by molar-refractivity contribution is 5.87. The van der Waals surface area contributed by atoms with Crippen molar-refractivity contribution in [2.75, 3.05) is 0 Å². The van der Waals surface area contributed by atoms with E-state index in [1.54, 1.807) is 60.7 Å². The maximum Gasteiger partial charge on any atom is 0.335 e. The first-order chi connectivity index (χ1) is 11.9. The minimum atomic E-state index is -0.879. The van der Waals surface area contributed by atoms with Crippen LogP contribution in [0.25, 0.3) is 0 Å². The molecule has 0 aromatic heterocycles. The Kier molecular flexibility index (Phi) is 8.92. The minimum absolute atomic E-state index is 0.331. The van der Waals surface area contributed by atoms with Gasteiger partial charge in [-0.25, -0.2) is 9.59 Å². The topological polar surface area (TPSA) is 115 Å². The van der Waals surface area contributed by atoms with Crippen molar-refractivity contribution in [3.8, 4) is 0 Å². The molecule has 0 aliphatic heterocycles. The van der Waals surface area contributed by atoms with Crippen molar-refractivity contribution >= 4 is 11.9 Å². The van der Waals surface area contributed by atoms with Crippen LogP contribution in [0.15, 0.2) is 60.7 Å². The van der Waals surface area contributed by atoms with E-state index in [0.29, 0.717) is 11.1 Å². The van der Waals surface area contributed by atoms with Gasteiger partial charge in [-0.2, -0.15) is 0 Å². The Morgan fingerprint density at radius 3 is 1.16 bits per heavy atom. The third-order valence-corrected chi connectivity index (χ3v) is 3.49. The van der Waals surface area contributed by atoms with Crippen molar-refractivity contribution in [2.45, 2.75) is 31.5 Å². The predicted octanol–water partition coefficient (Wildman–Crippen LogP) is 2.66. The third-order valence-electron chi connectivity index (χ3n) is 3.49. The monoisotopic (exact) mass is 346 g/mol. The summed E-state index contributed by atoms with van der Waals surface area (Å²) in [5, 5.41) is 34.3. The molecule has 0 heterocycles. The van der Waals surface area contributed by atoms with E-state index in [-0.39, 0.29) is 0 Å². The van der Waals surface area contributed by atoms with Gasteiger partial charge in [0.05, 0.1) is 23.3 Å². The molecule has 3 rings (SSSR count). The standard InChI is InChI=1S/2C7H6O2.C5H10O2/c2*8-7(9)6-4-2-1-3-5-6;6-4-2-1-3-5(4)7/h2*1-5H,(H,8,9);4-7H,1-3H2. The average Bonchev–Trinajstić information content (AvgIpc) is 3.00. The van der Waals surface area contributed by atoms with E-state index in [9.17, 15) is 9.59 Å². The van der Waals surface area contributed by atoms with Crippen LogP contribution >= 0.6 is 0 Å². The zero-order chi connectivity index (χ0) is 18.7. The first kappa shape index (κ1) is 20.3. The Hall–Kier alpha value is -2.70. The molecule has 0 saturated heterocycles. The largest absolute Gasteiger partial charge is 0.478 e. The number of aromatic carboxylic acids is 2. The highest BCUT2D eigenvalue weighted by Gasteiger charge is 2.21. The lowest BCUT2D eigenvalue weighted by atomic mass is 10.2. The van der Waals surface area contributed by atoms with E-state index in [1.165, 1.54) is 0 Å². The molecule has 2 aromatic carbocycles. The summed E-state index contributed by atoms with van der Waals surface area (Å²) in [5.41, 5.74) is 0.662. The number of carbonyl (C=O) groups is 2. The Morgan fingerprint density at radius 2 is 1.00 bits per heavy atom. The van der Waals surface area contributed by atoms with Gasteiger partial charge in [-0.3, -0.25) is 0 Å². The molecule has 0 spiro atoms. The summed E-state index contributed by atoms with van der Waals surface area (Å²) in [6.45, 7) is 0. The fourth-order valence-electron chi connectivity index (χ4n) is 2.08. The van der Waals surface area contributed by atoms with Crippen molar-refractivity contribution in [1.29, 1.82) is 0 Å². The maximum absolute atomic E-state index is 10.2. The number of rotatable bonds is 2. The van der Waals surface area contributed by atoms with Crippen LogP contribution in [0.1, 0.15) is 40.0 Å².